The molecule has 0 aromatic heterocycles. The third-order valence-corrected chi connectivity index (χ3v) is 2.26. The van der Waals surface area contributed by atoms with E-state index >= 15 is 0 Å². The van der Waals surface area contributed by atoms with Crippen molar-refractivity contribution in [1.29, 1.82) is 0 Å². The fraction of sp³-hybridized carbons (Fsp3) is 0.333. The summed E-state index contributed by atoms with van der Waals surface area (Å²) in [5, 5.41) is 8.61. The monoisotopic (exact) mass is 253 g/mol. The van der Waals surface area contributed by atoms with E-state index < -0.39 is 12.1 Å². The molecule has 0 fully saturated rings. The highest BCUT2D eigenvalue weighted by atomic mass is 16.5. The van der Waals surface area contributed by atoms with E-state index in [0.717, 1.165) is 0 Å². The summed E-state index contributed by atoms with van der Waals surface area (Å²) in [4.78, 5) is 24.3. The third-order valence-electron chi connectivity index (χ3n) is 2.26. The van der Waals surface area contributed by atoms with Gasteiger partial charge in [0.25, 0.3) is 0 Å². The van der Waals surface area contributed by atoms with Crippen molar-refractivity contribution < 1.29 is 24.2 Å². The first-order valence-corrected chi connectivity index (χ1v) is 5.30. The molecule has 0 saturated heterocycles. The Balaban J connectivity index is 2.99. The summed E-state index contributed by atoms with van der Waals surface area (Å²) in [7, 11) is 2.75. The molecular formula is C12H15NO5. The molecule has 0 aliphatic heterocycles. The number of carbonyl (C=O) groups excluding carboxylic acids is 2. The van der Waals surface area contributed by atoms with Crippen molar-refractivity contribution in [3.05, 3.63) is 29.8 Å². The number of anilines is 1. The molecule has 0 radical (unpaired) electrons. The predicted molar refractivity (Wildman–Crippen MR) is 64.6 cm³/mol. The van der Waals surface area contributed by atoms with Crippen molar-refractivity contribution in [1.82, 2.24) is 0 Å². The van der Waals surface area contributed by atoms with E-state index in [9.17, 15) is 9.59 Å². The summed E-state index contributed by atoms with van der Waals surface area (Å²) in [5.41, 5.74) is 0.617. The molecule has 0 saturated carbocycles. The van der Waals surface area contributed by atoms with Gasteiger partial charge in [0.05, 0.1) is 25.0 Å². The van der Waals surface area contributed by atoms with Gasteiger partial charge in [-0.05, 0) is 12.1 Å². The Morgan fingerprint density at radius 1 is 1.33 bits per heavy atom. The van der Waals surface area contributed by atoms with E-state index in [4.69, 9.17) is 9.84 Å². The number of aliphatic hydroxyl groups is 1. The summed E-state index contributed by atoms with van der Waals surface area (Å²) in [6, 6.07) is 6.49. The molecular weight excluding hydrogens is 238 g/mol. The van der Waals surface area contributed by atoms with Gasteiger partial charge in [-0.15, -0.1) is 0 Å². The average Bonchev–Trinajstić information content (AvgIpc) is 2.43. The molecule has 0 aliphatic carbocycles. The third kappa shape index (κ3) is 3.21. The second kappa shape index (κ2) is 6.61. The van der Waals surface area contributed by atoms with Crippen molar-refractivity contribution in [3.63, 3.8) is 0 Å². The van der Waals surface area contributed by atoms with Gasteiger partial charge in [0.15, 0.2) is 0 Å². The Morgan fingerprint density at radius 2 is 2.00 bits per heavy atom. The van der Waals surface area contributed by atoms with E-state index in [-0.39, 0.29) is 18.8 Å². The van der Waals surface area contributed by atoms with Crippen molar-refractivity contribution in [2.75, 3.05) is 32.3 Å². The highest BCUT2D eigenvalue weighted by Gasteiger charge is 2.19. The fourth-order valence-electron chi connectivity index (χ4n) is 1.39. The van der Waals surface area contributed by atoms with Crippen LogP contribution in [0.1, 0.15) is 10.4 Å². The lowest BCUT2D eigenvalue weighted by Gasteiger charge is -2.18. The van der Waals surface area contributed by atoms with Gasteiger partial charge in [-0.3, -0.25) is 4.90 Å². The number of hydrogen-bond donors (Lipinski definition) is 1. The Labute approximate surface area is 105 Å². The van der Waals surface area contributed by atoms with Gasteiger partial charge in [-0.2, -0.15) is 0 Å². The molecule has 0 atom stereocenters. The zero-order valence-electron chi connectivity index (χ0n) is 10.3. The zero-order valence-corrected chi connectivity index (χ0v) is 10.3. The summed E-state index contributed by atoms with van der Waals surface area (Å²) in [6.45, 7) is -0.337. The van der Waals surface area contributed by atoms with Crippen LogP contribution in [0.5, 0.6) is 0 Å². The molecule has 6 heteroatoms. The van der Waals surface area contributed by atoms with Crippen LogP contribution in [0.25, 0.3) is 0 Å². The topological polar surface area (TPSA) is 76.1 Å². The van der Waals surface area contributed by atoms with Crippen LogP contribution in [-0.2, 0) is 9.47 Å². The predicted octanol–water partition coefficient (Wildman–Crippen LogP) is 1.04. The lowest BCUT2D eigenvalue weighted by molar-refractivity contribution is 0.0434. The molecule has 0 unspecified atom stereocenters. The van der Waals surface area contributed by atoms with E-state index in [1.807, 2.05) is 0 Å². The number of methoxy groups -OCH3 is 1. The van der Waals surface area contributed by atoms with E-state index in [0.29, 0.717) is 5.69 Å². The Morgan fingerprint density at radius 3 is 2.61 bits per heavy atom. The van der Waals surface area contributed by atoms with E-state index in [2.05, 4.69) is 4.74 Å². The van der Waals surface area contributed by atoms with Crippen LogP contribution in [-0.4, -0.2) is 44.5 Å². The molecule has 1 aromatic carbocycles. The molecule has 0 spiro atoms. The highest BCUT2D eigenvalue weighted by molar-refractivity contribution is 6.00. The van der Waals surface area contributed by atoms with Crippen molar-refractivity contribution in [3.8, 4) is 0 Å². The van der Waals surface area contributed by atoms with Crippen LogP contribution >= 0.6 is 0 Å². The number of esters is 1. The van der Waals surface area contributed by atoms with E-state index in [1.54, 1.807) is 18.2 Å². The maximum absolute atomic E-state index is 11.7. The molecule has 6 nitrogen and oxygen atoms in total. The largest absolute Gasteiger partial charge is 0.460 e. The maximum atomic E-state index is 11.7. The Hall–Kier alpha value is -2.08. The molecule has 0 aliphatic rings. The quantitative estimate of drug-likeness (QED) is 0.811. The number of aliphatic hydroxyl groups excluding tert-OH is 1. The van der Waals surface area contributed by atoms with Crippen LogP contribution < -0.4 is 4.90 Å². The van der Waals surface area contributed by atoms with Gasteiger partial charge in [0, 0.05) is 7.05 Å². The molecule has 18 heavy (non-hydrogen) atoms. The second-order valence-electron chi connectivity index (χ2n) is 3.41. The molecule has 1 amide bonds. The normalized spacial score (nSPS) is 9.72. The Kier molecular flexibility index (Phi) is 5.13. The highest BCUT2D eigenvalue weighted by Crippen LogP contribution is 2.20. The smallest absolute Gasteiger partial charge is 0.413 e. The summed E-state index contributed by atoms with van der Waals surface area (Å²) in [5.74, 6) is -0.601. The zero-order chi connectivity index (χ0) is 13.5. The molecule has 1 rings (SSSR count). The number of benzene rings is 1. The minimum atomic E-state index is -0.601. The molecule has 1 N–H and O–H groups in total. The number of nitrogens with zero attached hydrogens (tertiary/aromatic N) is 1. The summed E-state index contributed by atoms with van der Waals surface area (Å²) in [6.07, 6.45) is -0.586. The number of ether oxygens (including phenoxy) is 2. The summed E-state index contributed by atoms with van der Waals surface area (Å²) >= 11 is 0. The molecule has 0 heterocycles. The van der Waals surface area contributed by atoms with Gasteiger partial charge in [0.1, 0.15) is 6.61 Å². The van der Waals surface area contributed by atoms with Gasteiger partial charge in [0.2, 0.25) is 0 Å². The minimum absolute atomic E-state index is 0.0882. The number of hydrogen-bond acceptors (Lipinski definition) is 5. The molecule has 1 aromatic rings. The molecule has 0 bridgehead atoms. The van der Waals surface area contributed by atoms with Gasteiger partial charge >= 0.3 is 12.1 Å². The van der Waals surface area contributed by atoms with Gasteiger partial charge in [-0.25, -0.2) is 9.59 Å². The first-order valence-electron chi connectivity index (χ1n) is 5.30. The first-order chi connectivity index (χ1) is 8.61. The Bertz CT molecular complexity index is 432. The maximum Gasteiger partial charge on any atom is 0.413 e. The van der Waals surface area contributed by atoms with Crippen LogP contribution in [0.15, 0.2) is 24.3 Å². The van der Waals surface area contributed by atoms with E-state index in [1.165, 1.54) is 25.1 Å². The second-order valence-corrected chi connectivity index (χ2v) is 3.41. The average molecular weight is 253 g/mol. The summed E-state index contributed by atoms with van der Waals surface area (Å²) < 4.78 is 9.39. The lowest BCUT2D eigenvalue weighted by atomic mass is 10.1. The fourth-order valence-corrected chi connectivity index (χ4v) is 1.39. The van der Waals surface area contributed by atoms with Gasteiger partial charge in [-0.1, -0.05) is 12.1 Å². The van der Waals surface area contributed by atoms with Gasteiger partial charge < -0.3 is 14.6 Å². The first kappa shape index (κ1) is 14.0. The SMILES string of the molecule is COC(=O)N(C)c1ccccc1C(=O)OCCO. The molecule has 98 valence electrons. The van der Waals surface area contributed by atoms with Crippen LogP contribution in [0.4, 0.5) is 10.5 Å². The minimum Gasteiger partial charge on any atom is -0.460 e. The number of amides is 1. The van der Waals surface area contributed by atoms with Crippen LogP contribution in [0.3, 0.4) is 0 Å². The standard InChI is InChI=1S/C12H15NO5/c1-13(12(16)17-2)10-6-4-3-5-9(10)11(15)18-8-7-14/h3-6,14H,7-8H2,1-2H3. The number of rotatable bonds is 4. The van der Waals surface area contributed by atoms with Crippen LogP contribution in [0, 0.1) is 0 Å². The number of carbonyl (C=O) groups is 2. The van der Waals surface area contributed by atoms with Crippen molar-refractivity contribution in [2.24, 2.45) is 0 Å². The van der Waals surface area contributed by atoms with Crippen molar-refractivity contribution in [2.45, 2.75) is 0 Å². The number of para-hydroxylation sites is 1. The van der Waals surface area contributed by atoms with Crippen LogP contribution in [0.2, 0.25) is 0 Å². The lowest BCUT2D eigenvalue weighted by Crippen LogP contribution is -2.28. The van der Waals surface area contributed by atoms with Crippen molar-refractivity contribution >= 4 is 17.7 Å².